The third-order valence-electron chi connectivity index (χ3n) is 3.31. The Morgan fingerprint density at radius 2 is 1.83 bits per heavy atom. The number of nitrogens with zero attached hydrogens (tertiary/aromatic N) is 1. The van der Waals surface area contributed by atoms with Crippen molar-refractivity contribution in [1.29, 1.82) is 0 Å². The molecule has 2 aromatic carbocycles. The van der Waals surface area contributed by atoms with Crippen molar-refractivity contribution in [2.75, 3.05) is 6.61 Å². The number of amides is 1. The van der Waals surface area contributed by atoms with E-state index in [1.165, 1.54) is 11.1 Å². The topological polar surface area (TPSA) is 50.7 Å². The Morgan fingerprint density at radius 1 is 1.13 bits per heavy atom. The predicted octanol–water partition coefficient (Wildman–Crippen LogP) is 3.48. The maximum absolute atomic E-state index is 11.7. The molecule has 0 heterocycles. The van der Waals surface area contributed by atoms with Gasteiger partial charge in [0.15, 0.2) is 6.61 Å². The van der Waals surface area contributed by atoms with Crippen molar-refractivity contribution in [2.24, 2.45) is 5.10 Å². The van der Waals surface area contributed by atoms with Crippen molar-refractivity contribution >= 4 is 12.1 Å². The molecule has 0 radical (unpaired) electrons. The van der Waals surface area contributed by atoms with Crippen molar-refractivity contribution in [3.05, 3.63) is 65.2 Å². The number of aryl methyl sites for hydroxylation is 2. The molecule has 0 aliphatic rings. The van der Waals surface area contributed by atoms with Crippen LogP contribution in [0.2, 0.25) is 0 Å². The summed E-state index contributed by atoms with van der Waals surface area (Å²) in [5, 5.41) is 3.92. The monoisotopic (exact) mass is 310 g/mol. The van der Waals surface area contributed by atoms with Crippen LogP contribution in [0.25, 0.3) is 0 Å². The smallest absolute Gasteiger partial charge is 0.277 e. The second-order valence-corrected chi connectivity index (χ2v) is 5.39. The maximum atomic E-state index is 11.7. The highest BCUT2D eigenvalue weighted by Crippen LogP contribution is 2.13. The van der Waals surface area contributed by atoms with E-state index < -0.39 is 0 Å². The minimum atomic E-state index is -0.286. The van der Waals surface area contributed by atoms with Crippen LogP contribution in [0.3, 0.4) is 0 Å². The molecule has 0 unspecified atom stereocenters. The Labute approximate surface area is 137 Å². The first-order valence-corrected chi connectivity index (χ1v) is 7.77. The summed E-state index contributed by atoms with van der Waals surface area (Å²) < 4.78 is 5.43. The molecule has 23 heavy (non-hydrogen) atoms. The van der Waals surface area contributed by atoms with E-state index >= 15 is 0 Å². The third kappa shape index (κ3) is 5.94. The lowest BCUT2D eigenvalue weighted by molar-refractivity contribution is -0.123. The zero-order valence-electron chi connectivity index (χ0n) is 13.6. The number of ether oxygens (including phenoxy) is 1. The van der Waals surface area contributed by atoms with Crippen molar-refractivity contribution in [3.63, 3.8) is 0 Å². The fourth-order valence-corrected chi connectivity index (χ4v) is 2.05. The molecule has 0 atom stereocenters. The Kier molecular flexibility index (Phi) is 6.36. The van der Waals surface area contributed by atoms with Crippen molar-refractivity contribution in [3.8, 4) is 5.75 Å². The summed E-state index contributed by atoms with van der Waals surface area (Å²) in [7, 11) is 0. The number of carbonyl (C=O) groups is 1. The van der Waals surface area contributed by atoms with Crippen LogP contribution >= 0.6 is 0 Å². The fraction of sp³-hybridized carbons (Fsp3) is 0.263. The molecule has 0 saturated carbocycles. The number of hydrazone groups is 1. The number of carbonyl (C=O) groups excluding carboxylic acids is 1. The quantitative estimate of drug-likeness (QED) is 0.629. The molecule has 0 saturated heterocycles. The number of nitrogens with one attached hydrogen (secondary N) is 1. The molecule has 1 N–H and O–H groups in total. The molecule has 1 amide bonds. The largest absolute Gasteiger partial charge is 0.484 e. The molecule has 4 nitrogen and oxygen atoms in total. The van der Waals surface area contributed by atoms with E-state index in [9.17, 15) is 4.79 Å². The van der Waals surface area contributed by atoms with Gasteiger partial charge in [-0.05, 0) is 36.6 Å². The van der Waals surface area contributed by atoms with Gasteiger partial charge in [0.2, 0.25) is 0 Å². The van der Waals surface area contributed by atoms with E-state index in [2.05, 4.69) is 17.5 Å². The van der Waals surface area contributed by atoms with Crippen LogP contribution in [0.5, 0.6) is 5.75 Å². The number of hydrogen-bond donors (Lipinski definition) is 1. The average Bonchev–Trinajstić information content (AvgIpc) is 2.56. The summed E-state index contributed by atoms with van der Waals surface area (Å²) >= 11 is 0. The zero-order chi connectivity index (χ0) is 16.5. The molecule has 0 aliphatic carbocycles. The fourth-order valence-electron chi connectivity index (χ4n) is 2.05. The lowest BCUT2D eigenvalue weighted by Crippen LogP contribution is -2.24. The van der Waals surface area contributed by atoms with E-state index in [1.54, 1.807) is 6.21 Å². The van der Waals surface area contributed by atoms with E-state index in [1.807, 2.05) is 55.5 Å². The van der Waals surface area contributed by atoms with Crippen LogP contribution in [0.15, 0.2) is 53.6 Å². The van der Waals surface area contributed by atoms with Gasteiger partial charge in [-0.3, -0.25) is 4.79 Å². The molecule has 0 bridgehead atoms. The first-order chi connectivity index (χ1) is 11.2. The summed E-state index contributed by atoms with van der Waals surface area (Å²) in [6.07, 6.45) is 3.77. The zero-order valence-corrected chi connectivity index (χ0v) is 13.6. The highest BCUT2D eigenvalue weighted by atomic mass is 16.5. The van der Waals surface area contributed by atoms with Crippen molar-refractivity contribution in [2.45, 2.75) is 26.7 Å². The van der Waals surface area contributed by atoms with Gasteiger partial charge in [0.1, 0.15) is 5.75 Å². The predicted molar refractivity (Wildman–Crippen MR) is 92.8 cm³/mol. The van der Waals surface area contributed by atoms with E-state index in [-0.39, 0.29) is 12.5 Å². The summed E-state index contributed by atoms with van der Waals surface area (Å²) in [6, 6.07) is 15.7. The van der Waals surface area contributed by atoms with Crippen LogP contribution in [-0.4, -0.2) is 18.7 Å². The van der Waals surface area contributed by atoms with E-state index in [0.29, 0.717) is 5.75 Å². The van der Waals surface area contributed by atoms with Gasteiger partial charge in [-0.15, -0.1) is 0 Å². The van der Waals surface area contributed by atoms with Gasteiger partial charge in [0, 0.05) is 0 Å². The second kappa shape index (κ2) is 8.73. The Balaban J connectivity index is 1.75. The highest BCUT2D eigenvalue weighted by molar-refractivity contribution is 5.82. The minimum Gasteiger partial charge on any atom is -0.484 e. The number of hydrogen-bond acceptors (Lipinski definition) is 3. The molecule has 2 rings (SSSR count). The average molecular weight is 310 g/mol. The van der Waals surface area contributed by atoms with Gasteiger partial charge in [-0.1, -0.05) is 55.3 Å². The Hall–Kier alpha value is -2.62. The van der Waals surface area contributed by atoms with Crippen LogP contribution in [0.1, 0.15) is 30.0 Å². The molecule has 120 valence electrons. The van der Waals surface area contributed by atoms with Gasteiger partial charge in [0.05, 0.1) is 6.21 Å². The lowest BCUT2D eigenvalue weighted by atomic mass is 10.1. The van der Waals surface area contributed by atoms with Gasteiger partial charge in [-0.25, -0.2) is 5.43 Å². The number of rotatable bonds is 7. The van der Waals surface area contributed by atoms with Crippen LogP contribution < -0.4 is 10.2 Å². The number of benzene rings is 2. The first-order valence-electron chi connectivity index (χ1n) is 7.77. The third-order valence-corrected chi connectivity index (χ3v) is 3.31. The normalized spacial score (nSPS) is 10.7. The maximum Gasteiger partial charge on any atom is 0.277 e. The molecule has 0 fully saturated rings. The van der Waals surface area contributed by atoms with E-state index in [4.69, 9.17) is 4.74 Å². The van der Waals surface area contributed by atoms with Gasteiger partial charge >= 0.3 is 0 Å². The minimum absolute atomic E-state index is 0.0572. The van der Waals surface area contributed by atoms with Crippen molar-refractivity contribution in [1.82, 2.24) is 5.43 Å². The molecule has 4 heteroatoms. The summed E-state index contributed by atoms with van der Waals surface area (Å²) in [5.41, 5.74) is 5.84. The first kappa shape index (κ1) is 16.7. The van der Waals surface area contributed by atoms with Gasteiger partial charge < -0.3 is 4.74 Å². The lowest BCUT2D eigenvalue weighted by Gasteiger charge is -2.06. The van der Waals surface area contributed by atoms with Crippen LogP contribution in [0.4, 0.5) is 0 Å². The van der Waals surface area contributed by atoms with Gasteiger partial charge in [0.25, 0.3) is 5.91 Å². The summed E-state index contributed by atoms with van der Waals surface area (Å²) in [5.74, 6) is 0.397. The van der Waals surface area contributed by atoms with Crippen molar-refractivity contribution < 1.29 is 9.53 Å². The Morgan fingerprint density at radius 3 is 2.48 bits per heavy atom. The van der Waals surface area contributed by atoms with Crippen LogP contribution in [0, 0.1) is 6.92 Å². The molecular weight excluding hydrogens is 288 g/mol. The highest BCUT2D eigenvalue weighted by Gasteiger charge is 2.01. The van der Waals surface area contributed by atoms with E-state index in [0.717, 1.165) is 18.4 Å². The van der Waals surface area contributed by atoms with Gasteiger partial charge in [-0.2, -0.15) is 5.10 Å². The molecule has 0 aromatic heterocycles. The molecule has 0 aliphatic heterocycles. The van der Waals surface area contributed by atoms with Crippen LogP contribution in [-0.2, 0) is 11.2 Å². The molecule has 2 aromatic rings. The SMILES string of the molecule is CCCc1ccc(OCC(=O)N/N=C/c2ccc(C)cc2)cc1. The summed E-state index contributed by atoms with van der Waals surface area (Å²) in [4.78, 5) is 11.7. The summed E-state index contributed by atoms with van der Waals surface area (Å²) in [6.45, 7) is 4.11. The standard InChI is InChI=1S/C19H22N2O2/c1-3-4-16-9-11-18(12-10-16)23-14-19(22)21-20-13-17-7-5-15(2)6-8-17/h5-13H,3-4,14H2,1-2H3,(H,21,22)/b20-13+. The molecule has 0 spiro atoms. The second-order valence-electron chi connectivity index (χ2n) is 5.39. The molecular formula is C19H22N2O2. The Bertz CT molecular complexity index is 646.